The van der Waals surface area contributed by atoms with E-state index in [1.54, 1.807) is 0 Å². The van der Waals surface area contributed by atoms with Crippen molar-refractivity contribution in [2.45, 2.75) is 46.0 Å². The smallest absolute Gasteiger partial charge is 0.170 e. The van der Waals surface area contributed by atoms with Gasteiger partial charge in [0.1, 0.15) is 0 Å². The zero-order chi connectivity index (χ0) is 16.9. The first-order valence-electron chi connectivity index (χ1n) is 8.53. The Morgan fingerprint density at radius 1 is 1.30 bits per heavy atom. The number of ether oxygens (including phenoxy) is 1. The molecule has 0 fully saturated rings. The van der Waals surface area contributed by atoms with Crippen molar-refractivity contribution in [3.8, 4) is 0 Å². The molecular weight excluding hydrogens is 328 g/mol. The molecule has 0 aliphatic rings. The van der Waals surface area contributed by atoms with Crippen LogP contribution in [0.1, 0.15) is 46.0 Å². The van der Waals surface area contributed by atoms with Crippen molar-refractivity contribution in [3.63, 3.8) is 0 Å². The number of unbranched alkanes of at least 4 members (excludes halogenated alkanes) is 1. The summed E-state index contributed by atoms with van der Waals surface area (Å²) in [5.41, 5.74) is 0.896. The quantitative estimate of drug-likeness (QED) is 0.419. The van der Waals surface area contributed by atoms with Crippen molar-refractivity contribution in [2.24, 2.45) is 5.92 Å². The maximum atomic E-state index is 5.94. The van der Waals surface area contributed by atoms with Gasteiger partial charge in [-0.25, -0.2) is 0 Å². The van der Waals surface area contributed by atoms with Gasteiger partial charge in [-0.1, -0.05) is 50.8 Å². The average molecular weight is 357 g/mol. The SMILES string of the molecule is CCCCC(CC)COCCCNC(=S)Nc1cccc(Cl)c1. The number of nitrogens with one attached hydrogen (secondary N) is 2. The zero-order valence-electron chi connectivity index (χ0n) is 14.2. The van der Waals surface area contributed by atoms with Gasteiger partial charge in [0, 0.05) is 30.5 Å². The summed E-state index contributed by atoms with van der Waals surface area (Å²) in [4.78, 5) is 0. The van der Waals surface area contributed by atoms with Crippen LogP contribution < -0.4 is 10.6 Å². The molecule has 0 heterocycles. The van der Waals surface area contributed by atoms with Gasteiger partial charge in [-0.15, -0.1) is 0 Å². The first kappa shape index (κ1) is 20.2. The minimum absolute atomic E-state index is 0.613. The summed E-state index contributed by atoms with van der Waals surface area (Å²) in [5, 5.41) is 7.61. The number of hydrogen-bond acceptors (Lipinski definition) is 2. The van der Waals surface area contributed by atoms with Crippen LogP contribution in [0.25, 0.3) is 0 Å². The molecule has 0 spiro atoms. The van der Waals surface area contributed by atoms with Crippen molar-refractivity contribution >= 4 is 34.6 Å². The molecule has 0 aromatic heterocycles. The molecule has 1 unspecified atom stereocenters. The van der Waals surface area contributed by atoms with Crippen molar-refractivity contribution in [1.82, 2.24) is 5.32 Å². The highest BCUT2D eigenvalue weighted by molar-refractivity contribution is 7.80. The summed E-state index contributed by atoms with van der Waals surface area (Å²) in [7, 11) is 0. The monoisotopic (exact) mass is 356 g/mol. The Labute approximate surface area is 151 Å². The topological polar surface area (TPSA) is 33.3 Å². The summed E-state index contributed by atoms with van der Waals surface area (Å²) < 4.78 is 5.78. The van der Waals surface area contributed by atoms with Crippen LogP contribution >= 0.6 is 23.8 Å². The maximum Gasteiger partial charge on any atom is 0.170 e. The van der Waals surface area contributed by atoms with Gasteiger partial charge < -0.3 is 15.4 Å². The van der Waals surface area contributed by atoms with E-state index in [9.17, 15) is 0 Å². The highest BCUT2D eigenvalue weighted by Crippen LogP contribution is 2.14. The van der Waals surface area contributed by atoms with Crippen LogP contribution in [0.4, 0.5) is 5.69 Å². The van der Waals surface area contributed by atoms with Gasteiger partial charge in [0.25, 0.3) is 0 Å². The fourth-order valence-corrected chi connectivity index (χ4v) is 2.68. The predicted molar refractivity (Wildman–Crippen MR) is 104 cm³/mol. The Morgan fingerprint density at radius 2 is 2.13 bits per heavy atom. The Hall–Kier alpha value is -0.840. The van der Waals surface area contributed by atoms with Crippen LogP contribution in [0.3, 0.4) is 0 Å². The minimum atomic E-state index is 0.613. The summed E-state index contributed by atoms with van der Waals surface area (Å²) in [6.45, 7) is 6.93. The Balaban J connectivity index is 2.07. The lowest BCUT2D eigenvalue weighted by molar-refractivity contribution is 0.0928. The molecule has 0 aliphatic carbocycles. The van der Waals surface area contributed by atoms with Crippen molar-refractivity contribution in [2.75, 3.05) is 25.1 Å². The van der Waals surface area contributed by atoms with Crippen LogP contribution in [0.15, 0.2) is 24.3 Å². The number of rotatable bonds is 11. The zero-order valence-corrected chi connectivity index (χ0v) is 15.8. The second-order valence-electron chi connectivity index (χ2n) is 5.74. The molecule has 0 saturated carbocycles. The van der Waals surface area contributed by atoms with E-state index in [4.69, 9.17) is 28.6 Å². The van der Waals surface area contributed by atoms with Gasteiger partial charge >= 0.3 is 0 Å². The van der Waals surface area contributed by atoms with Gasteiger partial charge in [0.15, 0.2) is 5.11 Å². The molecule has 130 valence electrons. The fourth-order valence-electron chi connectivity index (χ4n) is 2.27. The van der Waals surface area contributed by atoms with Gasteiger partial charge in [-0.05, 0) is 49.2 Å². The van der Waals surface area contributed by atoms with Crippen LogP contribution in [-0.4, -0.2) is 24.9 Å². The largest absolute Gasteiger partial charge is 0.381 e. The fraction of sp³-hybridized carbons (Fsp3) is 0.611. The van der Waals surface area contributed by atoms with E-state index in [0.717, 1.165) is 31.9 Å². The average Bonchev–Trinajstić information content (AvgIpc) is 2.53. The molecule has 1 aromatic rings. The molecule has 0 radical (unpaired) electrons. The first-order chi connectivity index (χ1) is 11.2. The molecule has 1 aromatic carbocycles. The molecule has 23 heavy (non-hydrogen) atoms. The Morgan fingerprint density at radius 3 is 2.83 bits per heavy atom. The number of hydrogen-bond donors (Lipinski definition) is 2. The van der Waals surface area contributed by atoms with Gasteiger partial charge in [-0.3, -0.25) is 0 Å². The molecular formula is C18H29ClN2OS. The summed E-state index contributed by atoms with van der Waals surface area (Å²) in [6, 6.07) is 7.51. The van der Waals surface area contributed by atoms with E-state index >= 15 is 0 Å². The number of benzene rings is 1. The molecule has 0 saturated heterocycles. The van der Waals surface area contributed by atoms with Crippen molar-refractivity contribution < 1.29 is 4.74 Å². The summed E-state index contributed by atoms with van der Waals surface area (Å²) in [6.07, 6.45) is 5.98. The van der Waals surface area contributed by atoms with E-state index in [-0.39, 0.29) is 0 Å². The second-order valence-corrected chi connectivity index (χ2v) is 6.58. The van der Waals surface area contributed by atoms with Gasteiger partial charge in [0.2, 0.25) is 0 Å². The van der Waals surface area contributed by atoms with E-state index in [2.05, 4.69) is 24.5 Å². The van der Waals surface area contributed by atoms with Crippen molar-refractivity contribution in [1.29, 1.82) is 0 Å². The number of halogens is 1. The molecule has 1 rings (SSSR count). The summed E-state index contributed by atoms with van der Waals surface area (Å²) in [5.74, 6) is 0.702. The highest BCUT2D eigenvalue weighted by Gasteiger charge is 2.05. The molecule has 3 nitrogen and oxygen atoms in total. The van der Waals surface area contributed by atoms with Crippen LogP contribution in [0.5, 0.6) is 0 Å². The van der Waals surface area contributed by atoms with E-state index < -0.39 is 0 Å². The molecule has 2 N–H and O–H groups in total. The highest BCUT2D eigenvalue weighted by atomic mass is 35.5. The van der Waals surface area contributed by atoms with E-state index in [1.165, 1.54) is 25.7 Å². The predicted octanol–water partition coefficient (Wildman–Crippen LogP) is 5.25. The standard InChI is InChI=1S/C18H29ClN2OS/c1-3-5-8-15(4-2)14-22-12-7-11-20-18(23)21-17-10-6-9-16(19)13-17/h6,9-10,13,15H,3-5,7-8,11-12,14H2,1-2H3,(H2,20,21,23). The lowest BCUT2D eigenvalue weighted by Crippen LogP contribution is -2.29. The minimum Gasteiger partial charge on any atom is -0.381 e. The molecule has 0 aliphatic heterocycles. The normalized spacial score (nSPS) is 12.0. The maximum absolute atomic E-state index is 5.94. The third kappa shape index (κ3) is 9.80. The van der Waals surface area contributed by atoms with E-state index in [0.29, 0.717) is 16.1 Å². The third-order valence-electron chi connectivity index (χ3n) is 3.73. The Kier molecular flexibility index (Phi) is 11.0. The second kappa shape index (κ2) is 12.6. The molecule has 0 amide bonds. The first-order valence-corrected chi connectivity index (χ1v) is 9.32. The number of thiocarbonyl (C=S) groups is 1. The molecule has 5 heteroatoms. The molecule has 0 bridgehead atoms. The Bertz CT molecular complexity index is 456. The third-order valence-corrected chi connectivity index (χ3v) is 4.21. The van der Waals surface area contributed by atoms with Gasteiger partial charge in [-0.2, -0.15) is 0 Å². The van der Waals surface area contributed by atoms with Crippen LogP contribution in [0.2, 0.25) is 5.02 Å². The number of anilines is 1. The lowest BCUT2D eigenvalue weighted by atomic mass is 10.0. The lowest BCUT2D eigenvalue weighted by Gasteiger charge is -2.15. The molecule has 1 atom stereocenters. The summed E-state index contributed by atoms with van der Waals surface area (Å²) >= 11 is 11.2. The van der Waals surface area contributed by atoms with Gasteiger partial charge in [0.05, 0.1) is 0 Å². The van der Waals surface area contributed by atoms with E-state index in [1.807, 2.05) is 24.3 Å². The van der Waals surface area contributed by atoms with Crippen molar-refractivity contribution in [3.05, 3.63) is 29.3 Å². The van der Waals surface area contributed by atoms with Crippen LogP contribution in [0, 0.1) is 5.92 Å². The van der Waals surface area contributed by atoms with Crippen LogP contribution in [-0.2, 0) is 4.74 Å².